The zero-order chi connectivity index (χ0) is 24.6. The number of hydrogen-bond donors (Lipinski definition) is 1. The topological polar surface area (TPSA) is 76.5 Å². The van der Waals surface area contributed by atoms with Crippen LogP contribution in [0.1, 0.15) is 49.7 Å². The summed E-state index contributed by atoms with van der Waals surface area (Å²) in [5.41, 5.74) is -3.31. The van der Waals surface area contributed by atoms with Crippen LogP contribution in [0.4, 0.5) is 26.7 Å². The normalized spacial score (nSPS) is 17.1. The van der Waals surface area contributed by atoms with E-state index in [0.717, 1.165) is 6.07 Å². The molecule has 0 bridgehead atoms. The van der Waals surface area contributed by atoms with E-state index in [-0.39, 0.29) is 6.54 Å². The zero-order valence-corrected chi connectivity index (χ0v) is 18.2. The van der Waals surface area contributed by atoms with Gasteiger partial charge in [0, 0.05) is 25.2 Å². The molecule has 1 aromatic carbocycles. The lowest BCUT2D eigenvalue weighted by molar-refractivity contribution is -0.143. The Balaban J connectivity index is 1.82. The van der Waals surface area contributed by atoms with Crippen molar-refractivity contribution < 1.29 is 36.3 Å². The highest BCUT2D eigenvalue weighted by molar-refractivity contribution is 5.95. The van der Waals surface area contributed by atoms with Crippen molar-refractivity contribution in [2.45, 2.75) is 51.4 Å². The van der Waals surface area contributed by atoms with Crippen molar-refractivity contribution >= 4 is 12.0 Å². The Morgan fingerprint density at radius 3 is 2.45 bits per heavy atom. The average molecular weight is 474 g/mol. The highest BCUT2D eigenvalue weighted by Gasteiger charge is 2.41. The van der Waals surface area contributed by atoms with Gasteiger partial charge in [-0.3, -0.25) is 4.79 Å². The van der Waals surface area contributed by atoms with Crippen molar-refractivity contribution in [1.82, 2.24) is 20.0 Å². The highest BCUT2D eigenvalue weighted by atomic mass is 19.4. The van der Waals surface area contributed by atoms with Crippen molar-refractivity contribution in [2.75, 3.05) is 13.1 Å². The number of carbonyl (C=O) groups excluding carboxylic acids is 2. The predicted molar refractivity (Wildman–Crippen MR) is 107 cm³/mol. The molecule has 2 aromatic rings. The lowest BCUT2D eigenvalue weighted by Gasteiger charge is -2.34. The number of halogens is 5. The molecule has 1 N–H and O–H groups in total. The summed E-state index contributed by atoms with van der Waals surface area (Å²) >= 11 is 0. The van der Waals surface area contributed by atoms with Crippen LogP contribution in [0.25, 0.3) is 5.69 Å². The molecule has 1 unspecified atom stereocenters. The van der Waals surface area contributed by atoms with Gasteiger partial charge in [-0.05, 0) is 45.7 Å². The number of benzene rings is 1. The van der Waals surface area contributed by atoms with Gasteiger partial charge in [0.1, 0.15) is 5.60 Å². The standard InChI is InChI=1S/C21H23F5N4O3/c1-20(2,3)33-19(32)29-8-4-5-12(11-29)28-18(31)14-10-27-30(17(14)21(24,25)26)13-6-7-15(22)16(23)9-13/h6-7,9-10,12H,4-5,8,11H2,1-3H3,(H,28,31). The Morgan fingerprint density at radius 2 is 1.85 bits per heavy atom. The first-order valence-corrected chi connectivity index (χ1v) is 10.2. The summed E-state index contributed by atoms with van der Waals surface area (Å²) < 4.78 is 73.8. The Kier molecular flexibility index (Phi) is 6.66. The van der Waals surface area contributed by atoms with Crippen LogP contribution in [0, 0.1) is 11.6 Å². The van der Waals surface area contributed by atoms with Gasteiger partial charge in [-0.2, -0.15) is 18.3 Å². The quantitative estimate of drug-likeness (QED) is 0.674. The minimum Gasteiger partial charge on any atom is -0.444 e. The fraction of sp³-hybridized carbons (Fsp3) is 0.476. The monoisotopic (exact) mass is 474 g/mol. The van der Waals surface area contributed by atoms with Crippen LogP contribution in [-0.4, -0.2) is 51.4 Å². The van der Waals surface area contributed by atoms with Gasteiger partial charge >= 0.3 is 12.3 Å². The predicted octanol–water partition coefficient (Wildman–Crippen LogP) is 4.30. The molecule has 1 aromatic heterocycles. The molecule has 0 aliphatic carbocycles. The lowest BCUT2D eigenvalue weighted by atomic mass is 10.1. The number of alkyl halides is 3. The summed E-state index contributed by atoms with van der Waals surface area (Å²) in [7, 11) is 0. The number of piperidine rings is 1. The van der Waals surface area contributed by atoms with Gasteiger partial charge in [0.15, 0.2) is 17.3 Å². The molecule has 2 heterocycles. The molecule has 180 valence electrons. The maximum absolute atomic E-state index is 13.8. The van der Waals surface area contributed by atoms with E-state index in [9.17, 15) is 31.5 Å². The van der Waals surface area contributed by atoms with Gasteiger partial charge in [0.05, 0.1) is 17.4 Å². The van der Waals surface area contributed by atoms with Gasteiger partial charge < -0.3 is 15.0 Å². The maximum Gasteiger partial charge on any atom is 0.434 e. The SMILES string of the molecule is CC(C)(C)OC(=O)N1CCCC(NC(=O)c2cnn(-c3ccc(F)c(F)c3)c2C(F)(F)F)C1. The third-order valence-corrected chi connectivity index (χ3v) is 4.84. The number of nitrogens with one attached hydrogen (secondary N) is 1. The molecule has 0 radical (unpaired) electrons. The fourth-order valence-corrected chi connectivity index (χ4v) is 3.45. The van der Waals surface area contributed by atoms with Crippen molar-refractivity contribution in [3.05, 3.63) is 47.3 Å². The zero-order valence-electron chi connectivity index (χ0n) is 18.2. The highest BCUT2D eigenvalue weighted by Crippen LogP contribution is 2.34. The second-order valence-corrected chi connectivity index (χ2v) is 8.65. The average Bonchev–Trinajstić information content (AvgIpc) is 3.15. The van der Waals surface area contributed by atoms with Crippen LogP contribution in [0.15, 0.2) is 24.4 Å². The lowest BCUT2D eigenvalue weighted by Crippen LogP contribution is -2.50. The molecule has 1 aliphatic heterocycles. The van der Waals surface area contributed by atoms with E-state index in [1.54, 1.807) is 20.8 Å². The van der Waals surface area contributed by atoms with Crippen LogP contribution in [0.3, 0.4) is 0 Å². The Bertz CT molecular complexity index is 1050. The molecule has 1 aliphatic rings. The van der Waals surface area contributed by atoms with Gasteiger partial charge in [-0.25, -0.2) is 18.3 Å². The number of amides is 2. The van der Waals surface area contributed by atoms with Crippen LogP contribution in [0.2, 0.25) is 0 Å². The van der Waals surface area contributed by atoms with E-state index in [4.69, 9.17) is 4.74 Å². The van der Waals surface area contributed by atoms with Crippen molar-refractivity contribution in [2.24, 2.45) is 0 Å². The molecule has 7 nitrogen and oxygen atoms in total. The minimum absolute atomic E-state index is 0.0688. The molecule has 1 fully saturated rings. The Morgan fingerprint density at radius 1 is 1.15 bits per heavy atom. The van der Waals surface area contributed by atoms with Gasteiger partial charge in [-0.15, -0.1) is 0 Å². The smallest absolute Gasteiger partial charge is 0.434 e. The molecule has 1 saturated heterocycles. The Labute approximate surface area is 186 Å². The number of hydrogen-bond acceptors (Lipinski definition) is 4. The number of likely N-dealkylation sites (tertiary alicyclic amines) is 1. The third kappa shape index (κ3) is 5.79. The van der Waals surface area contributed by atoms with Gasteiger partial charge in [0.2, 0.25) is 0 Å². The Hall–Kier alpha value is -3.18. The largest absolute Gasteiger partial charge is 0.444 e. The first-order valence-electron chi connectivity index (χ1n) is 10.2. The molecule has 3 rings (SSSR count). The molecule has 1 atom stereocenters. The van der Waals surface area contributed by atoms with Gasteiger partial charge in [-0.1, -0.05) is 0 Å². The van der Waals surface area contributed by atoms with E-state index >= 15 is 0 Å². The summed E-state index contributed by atoms with van der Waals surface area (Å²) in [5, 5.41) is 6.09. The second-order valence-electron chi connectivity index (χ2n) is 8.65. The summed E-state index contributed by atoms with van der Waals surface area (Å²) in [6, 6.07) is 1.53. The summed E-state index contributed by atoms with van der Waals surface area (Å²) in [6.45, 7) is 5.58. The number of rotatable bonds is 3. The molecular formula is C21H23F5N4O3. The summed E-state index contributed by atoms with van der Waals surface area (Å²) in [6.07, 6.45) is -3.91. The maximum atomic E-state index is 13.8. The summed E-state index contributed by atoms with van der Waals surface area (Å²) in [4.78, 5) is 26.4. The first-order chi connectivity index (χ1) is 15.3. The van der Waals surface area contributed by atoms with E-state index < -0.39 is 58.4 Å². The fourth-order valence-electron chi connectivity index (χ4n) is 3.45. The third-order valence-electron chi connectivity index (χ3n) is 4.84. The van der Waals surface area contributed by atoms with Crippen molar-refractivity contribution in [3.63, 3.8) is 0 Å². The van der Waals surface area contributed by atoms with Crippen LogP contribution >= 0.6 is 0 Å². The number of carbonyl (C=O) groups is 2. The number of aromatic nitrogens is 2. The van der Waals surface area contributed by atoms with E-state index in [2.05, 4.69) is 10.4 Å². The van der Waals surface area contributed by atoms with Crippen molar-refractivity contribution in [3.8, 4) is 5.69 Å². The number of ether oxygens (including phenoxy) is 1. The van der Waals surface area contributed by atoms with Gasteiger partial charge in [0.25, 0.3) is 5.91 Å². The second kappa shape index (κ2) is 8.99. The first kappa shape index (κ1) is 24.5. The van der Waals surface area contributed by atoms with E-state index in [0.29, 0.717) is 42.4 Å². The molecule has 33 heavy (non-hydrogen) atoms. The van der Waals surface area contributed by atoms with Crippen molar-refractivity contribution in [1.29, 1.82) is 0 Å². The molecule has 2 amide bonds. The summed E-state index contributed by atoms with van der Waals surface area (Å²) in [5.74, 6) is -3.64. The molecule has 12 heteroatoms. The van der Waals surface area contributed by atoms with E-state index in [1.807, 2.05) is 0 Å². The van der Waals surface area contributed by atoms with Crippen LogP contribution in [0.5, 0.6) is 0 Å². The molecular weight excluding hydrogens is 451 g/mol. The van der Waals surface area contributed by atoms with Crippen LogP contribution < -0.4 is 5.32 Å². The van der Waals surface area contributed by atoms with E-state index in [1.165, 1.54) is 4.90 Å². The number of nitrogens with zero attached hydrogens (tertiary/aromatic N) is 3. The van der Waals surface area contributed by atoms with Crippen LogP contribution in [-0.2, 0) is 10.9 Å². The minimum atomic E-state index is -5.01. The molecule has 0 spiro atoms. The molecule has 0 saturated carbocycles.